The van der Waals surface area contributed by atoms with Gasteiger partial charge in [-0.05, 0) is 32.4 Å². The summed E-state index contributed by atoms with van der Waals surface area (Å²) in [6.07, 6.45) is 3.63. The van der Waals surface area contributed by atoms with Gasteiger partial charge < -0.3 is 20.3 Å². The maximum Gasteiger partial charge on any atom is 0.243 e. The number of nitrogens with two attached hydrogens (primary N) is 1. The summed E-state index contributed by atoms with van der Waals surface area (Å²) in [6.45, 7) is 8.95. The van der Waals surface area contributed by atoms with Crippen LogP contribution in [0.4, 0.5) is 0 Å². The molecule has 0 aromatic heterocycles. The fourth-order valence-corrected chi connectivity index (χ4v) is 4.53. The van der Waals surface area contributed by atoms with Gasteiger partial charge in [-0.25, -0.2) is 0 Å². The fourth-order valence-electron chi connectivity index (χ4n) is 4.53. The van der Waals surface area contributed by atoms with E-state index in [0.29, 0.717) is 0 Å². The molecule has 2 saturated heterocycles. The zero-order valence-corrected chi connectivity index (χ0v) is 13.6. The van der Waals surface area contributed by atoms with E-state index in [9.17, 15) is 4.79 Å². The normalized spacial score (nSPS) is 38.1. The van der Waals surface area contributed by atoms with Crippen LogP contribution in [0.2, 0.25) is 0 Å². The molecule has 2 N–H and O–H groups in total. The highest BCUT2D eigenvalue weighted by atomic mass is 16.5. The van der Waals surface area contributed by atoms with Crippen molar-refractivity contribution < 1.29 is 9.53 Å². The van der Waals surface area contributed by atoms with Gasteiger partial charge in [-0.3, -0.25) is 4.79 Å². The lowest BCUT2D eigenvalue weighted by Crippen LogP contribution is -2.80. The molecular formula is C16H29N3O2. The average molecular weight is 295 g/mol. The molecule has 3 fully saturated rings. The second-order valence-electron chi connectivity index (χ2n) is 7.55. The molecule has 3 unspecified atom stereocenters. The molecule has 3 rings (SSSR count). The maximum absolute atomic E-state index is 12.9. The molecule has 3 aliphatic rings. The minimum absolute atomic E-state index is 0.0958. The predicted octanol–water partition coefficient (Wildman–Crippen LogP) is 0.683. The van der Waals surface area contributed by atoms with Crippen molar-refractivity contribution in [3.8, 4) is 0 Å². The van der Waals surface area contributed by atoms with Crippen molar-refractivity contribution >= 4 is 5.91 Å². The molecule has 0 bridgehead atoms. The summed E-state index contributed by atoms with van der Waals surface area (Å²) < 4.78 is 5.77. The van der Waals surface area contributed by atoms with E-state index < -0.39 is 5.54 Å². The van der Waals surface area contributed by atoms with Gasteiger partial charge in [-0.1, -0.05) is 13.8 Å². The molecule has 0 spiro atoms. The highest BCUT2D eigenvalue weighted by Crippen LogP contribution is 2.58. The molecule has 2 heterocycles. The van der Waals surface area contributed by atoms with Crippen LogP contribution in [0.5, 0.6) is 0 Å². The van der Waals surface area contributed by atoms with Crippen LogP contribution < -0.4 is 5.73 Å². The molecule has 2 aliphatic heterocycles. The Labute approximate surface area is 127 Å². The molecule has 5 nitrogen and oxygen atoms in total. The lowest BCUT2D eigenvalue weighted by molar-refractivity contribution is -0.183. The van der Waals surface area contributed by atoms with E-state index in [0.717, 1.165) is 26.1 Å². The van der Waals surface area contributed by atoms with Gasteiger partial charge in [-0.15, -0.1) is 0 Å². The molecule has 1 saturated carbocycles. The second-order valence-corrected chi connectivity index (χ2v) is 7.55. The number of likely N-dealkylation sites (N-methyl/N-ethyl adjacent to an activating group) is 1. The van der Waals surface area contributed by atoms with Crippen LogP contribution >= 0.6 is 0 Å². The van der Waals surface area contributed by atoms with E-state index in [4.69, 9.17) is 10.5 Å². The van der Waals surface area contributed by atoms with Crippen LogP contribution in [0.15, 0.2) is 0 Å². The Bertz CT molecular complexity index is 420. The van der Waals surface area contributed by atoms with Gasteiger partial charge >= 0.3 is 0 Å². The minimum Gasteiger partial charge on any atom is -0.377 e. The smallest absolute Gasteiger partial charge is 0.243 e. The van der Waals surface area contributed by atoms with Crippen molar-refractivity contribution in [2.45, 2.75) is 44.8 Å². The Hall–Kier alpha value is -0.650. The molecule has 21 heavy (non-hydrogen) atoms. The third kappa shape index (κ3) is 2.13. The summed E-state index contributed by atoms with van der Waals surface area (Å²) >= 11 is 0. The number of likely N-dealkylation sites (tertiary alicyclic amines) is 1. The summed E-state index contributed by atoms with van der Waals surface area (Å²) in [7, 11) is 1.90. The van der Waals surface area contributed by atoms with Gasteiger partial charge in [0.15, 0.2) is 0 Å². The van der Waals surface area contributed by atoms with E-state index in [1.807, 2.05) is 11.9 Å². The van der Waals surface area contributed by atoms with Crippen LogP contribution in [0.3, 0.4) is 0 Å². The molecule has 1 aliphatic carbocycles. The van der Waals surface area contributed by atoms with E-state index >= 15 is 0 Å². The Morgan fingerprint density at radius 1 is 1.38 bits per heavy atom. The first kappa shape index (κ1) is 15.3. The summed E-state index contributed by atoms with van der Waals surface area (Å²) in [5.41, 5.74) is 5.58. The van der Waals surface area contributed by atoms with Gasteiger partial charge in [0.2, 0.25) is 5.91 Å². The quantitative estimate of drug-likeness (QED) is 0.829. The summed E-state index contributed by atoms with van der Waals surface area (Å²) in [5, 5.41) is 0. The van der Waals surface area contributed by atoms with Crippen molar-refractivity contribution in [1.29, 1.82) is 0 Å². The largest absolute Gasteiger partial charge is 0.377 e. The van der Waals surface area contributed by atoms with Crippen LogP contribution in [0.25, 0.3) is 0 Å². The van der Waals surface area contributed by atoms with Gasteiger partial charge in [0.1, 0.15) is 5.54 Å². The highest BCUT2D eigenvalue weighted by molar-refractivity contribution is 5.89. The van der Waals surface area contributed by atoms with Gasteiger partial charge in [0.25, 0.3) is 0 Å². The Balaban J connectivity index is 1.63. The monoisotopic (exact) mass is 295 g/mol. The molecule has 0 aromatic carbocycles. The number of fused-ring (bicyclic) bond motifs is 1. The van der Waals surface area contributed by atoms with E-state index in [1.165, 1.54) is 25.9 Å². The summed E-state index contributed by atoms with van der Waals surface area (Å²) in [4.78, 5) is 17.2. The maximum atomic E-state index is 12.9. The van der Waals surface area contributed by atoms with Crippen molar-refractivity contribution in [2.24, 2.45) is 17.1 Å². The third-order valence-electron chi connectivity index (χ3n) is 6.10. The number of carbonyl (C=O) groups is 1. The SMILES string of the molecule is CN(CCN1CCCC1)C(=O)C1(N)C2CCOC2C1(C)C. The standard InChI is InChI=1S/C16H29N3O2/c1-15(2)13-12(6-11-21-13)16(15,17)14(20)18(3)9-10-19-7-4-5-8-19/h12-13H,4-11,17H2,1-3H3. The molecule has 3 atom stereocenters. The van der Waals surface area contributed by atoms with Crippen LogP contribution in [-0.2, 0) is 9.53 Å². The molecule has 1 amide bonds. The van der Waals surface area contributed by atoms with Gasteiger partial charge in [-0.2, -0.15) is 0 Å². The number of nitrogens with zero attached hydrogens (tertiary/aromatic N) is 2. The molecular weight excluding hydrogens is 266 g/mol. The lowest BCUT2D eigenvalue weighted by atomic mass is 9.47. The topological polar surface area (TPSA) is 58.8 Å². The van der Waals surface area contributed by atoms with E-state index in [1.54, 1.807) is 0 Å². The molecule has 0 aromatic rings. The third-order valence-corrected chi connectivity index (χ3v) is 6.10. The predicted molar refractivity (Wildman–Crippen MR) is 81.9 cm³/mol. The first-order valence-corrected chi connectivity index (χ1v) is 8.27. The van der Waals surface area contributed by atoms with Crippen molar-refractivity contribution in [3.05, 3.63) is 0 Å². The zero-order valence-electron chi connectivity index (χ0n) is 13.6. The highest BCUT2D eigenvalue weighted by Gasteiger charge is 2.71. The summed E-state index contributed by atoms with van der Waals surface area (Å²) in [6, 6.07) is 0. The molecule has 120 valence electrons. The number of hydrogen-bond acceptors (Lipinski definition) is 4. The van der Waals surface area contributed by atoms with E-state index in [-0.39, 0.29) is 23.3 Å². The van der Waals surface area contributed by atoms with Crippen LogP contribution in [0.1, 0.15) is 33.1 Å². The van der Waals surface area contributed by atoms with Crippen LogP contribution in [0, 0.1) is 11.3 Å². The van der Waals surface area contributed by atoms with Crippen LogP contribution in [-0.4, -0.2) is 67.2 Å². The van der Waals surface area contributed by atoms with Crippen molar-refractivity contribution in [2.75, 3.05) is 39.8 Å². The Morgan fingerprint density at radius 2 is 2.05 bits per heavy atom. The van der Waals surface area contributed by atoms with Crippen molar-refractivity contribution in [3.63, 3.8) is 0 Å². The fraction of sp³-hybridized carbons (Fsp3) is 0.938. The average Bonchev–Trinajstić information content (AvgIpc) is 3.12. The first-order valence-electron chi connectivity index (χ1n) is 8.27. The number of hydrogen-bond donors (Lipinski definition) is 1. The Morgan fingerprint density at radius 3 is 2.71 bits per heavy atom. The Kier molecular flexibility index (Phi) is 3.79. The zero-order chi connectivity index (χ0) is 15.3. The minimum atomic E-state index is -0.756. The molecule has 5 heteroatoms. The van der Waals surface area contributed by atoms with Gasteiger partial charge in [0, 0.05) is 38.1 Å². The summed E-state index contributed by atoms with van der Waals surface area (Å²) in [5.74, 6) is 0.285. The second kappa shape index (κ2) is 5.21. The number of carbonyl (C=O) groups excluding carboxylic acids is 1. The number of ether oxygens (including phenoxy) is 1. The molecule has 0 radical (unpaired) electrons. The number of amides is 1. The van der Waals surface area contributed by atoms with Gasteiger partial charge in [0.05, 0.1) is 6.10 Å². The first-order chi connectivity index (χ1) is 9.89. The van der Waals surface area contributed by atoms with E-state index in [2.05, 4.69) is 18.7 Å². The number of rotatable bonds is 4. The lowest BCUT2D eigenvalue weighted by Gasteiger charge is -2.61. The van der Waals surface area contributed by atoms with Crippen molar-refractivity contribution in [1.82, 2.24) is 9.80 Å².